The molecule has 2 N–H and O–H groups in total. The van der Waals surface area contributed by atoms with Crippen LogP contribution in [0.25, 0.3) is 0 Å². The fourth-order valence-electron chi connectivity index (χ4n) is 5.71. The zero-order valence-corrected chi connectivity index (χ0v) is 12.2. The van der Waals surface area contributed by atoms with Gasteiger partial charge in [0.05, 0.1) is 6.10 Å². The van der Waals surface area contributed by atoms with E-state index in [1.54, 1.807) is 6.07 Å². The molecule has 1 aromatic rings. The maximum atomic E-state index is 10.5. The molecule has 2 aliphatic heterocycles. The molecule has 2 aliphatic carbocycles. The number of likely N-dealkylation sites (N-methyl/N-ethyl adjacent to an activating group) is 1. The van der Waals surface area contributed by atoms with E-state index in [0.29, 0.717) is 17.7 Å². The van der Waals surface area contributed by atoms with Crippen LogP contribution in [0.5, 0.6) is 11.5 Å². The second kappa shape index (κ2) is 3.73. The van der Waals surface area contributed by atoms with Crippen LogP contribution in [0.3, 0.4) is 0 Å². The summed E-state index contributed by atoms with van der Waals surface area (Å²) in [6.45, 7) is 1.04. The molecule has 4 nitrogen and oxygen atoms in total. The van der Waals surface area contributed by atoms with E-state index in [2.05, 4.69) is 18.0 Å². The van der Waals surface area contributed by atoms with Crippen molar-refractivity contribution < 1.29 is 14.9 Å². The number of aliphatic hydroxyl groups excluding tert-OH is 1. The summed E-state index contributed by atoms with van der Waals surface area (Å²) in [4.78, 5) is 2.48. The first kappa shape index (κ1) is 12.3. The zero-order valence-electron chi connectivity index (χ0n) is 12.2. The number of aromatic hydroxyl groups is 1. The number of ether oxygens (including phenoxy) is 1. The van der Waals surface area contributed by atoms with Crippen LogP contribution in [0.2, 0.25) is 0 Å². The zero-order chi connectivity index (χ0) is 14.4. The standard InChI is InChI=1S/C17H21NO3/c1-18-7-6-17-10-3-5-13(20)16(17)21-15-12(19)4-2-9(14(15)17)8-11(10)18/h2,4,10-11,13,16,19-20H,3,5-8H2,1H3. The van der Waals surface area contributed by atoms with Gasteiger partial charge in [0, 0.05) is 17.0 Å². The minimum atomic E-state index is -0.414. The summed E-state index contributed by atoms with van der Waals surface area (Å²) in [5.41, 5.74) is 2.46. The number of aliphatic hydroxyl groups is 1. The second-order valence-corrected chi connectivity index (χ2v) is 7.28. The molecular formula is C17H21NO3. The summed E-state index contributed by atoms with van der Waals surface area (Å²) in [5.74, 6) is 1.44. The maximum absolute atomic E-state index is 10.5. The molecule has 1 saturated carbocycles. The van der Waals surface area contributed by atoms with Gasteiger partial charge in [-0.2, -0.15) is 0 Å². The average molecular weight is 287 g/mol. The van der Waals surface area contributed by atoms with Crippen molar-refractivity contribution in [3.05, 3.63) is 23.3 Å². The summed E-state index contributed by atoms with van der Waals surface area (Å²) in [6, 6.07) is 4.36. The summed E-state index contributed by atoms with van der Waals surface area (Å²) in [7, 11) is 2.22. The molecule has 0 radical (unpaired) electrons. The minimum Gasteiger partial charge on any atom is -0.504 e. The predicted octanol–water partition coefficient (Wildman–Crippen LogP) is 1.42. The van der Waals surface area contributed by atoms with E-state index in [1.807, 2.05) is 0 Å². The number of piperidine rings is 1. The molecule has 5 unspecified atom stereocenters. The summed E-state index contributed by atoms with van der Waals surface area (Å²) in [5, 5.41) is 20.8. The van der Waals surface area contributed by atoms with Crippen molar-refractivity contribution in [1.82, 2.24) is 4.90 Å². The Labute approximate surface area is 124 Å². The van der Waals surface area contributed by atoms with Crippen LogP contribution in [-0.4, -0.2) is 47.0 Å². The number of benzene rings is 1. The van der Waals surface area contributed by atoms with E-state index in [-0.39, 0.29) is 17.3 Å². The number of phenols is 1. The topological polar surface area (TPSA) is 52.9 Å². The number of hydrogen-bond acceptors (Lipinski definition) is 4. The molecule has 1 saturated heterocycles. The van der Waals surface area contributed by atoms with Gasteiger partial charge in [-0.1, -0.05) is 6.07 Å². The van der Waals surface area contributed by atoms with Gasteiger partial charge in [0.1, 0.15) is 6.10 Å². The van der Waals surface area contributed by atoms with Gasteiger partial charge in [-0.3, -0.25) is 0 Å². The fourth-order valence-corrected chi connectivity index (χ4v) is 5.71. The van der Waals surface area contributed by atoms with Crippen LogP contribution in [0.1, 0.15) is 30.4 Å². The van der Waals surface area contributed by atoms with Gasteiger partial charge in [0.2, 0.25) is 0 Å². The van der Waals surface area contributed by atoms with Crippen molar-refractivity contribution in [2.45, 2.75) is 49.3 Å². The van der Waals surface area contributed by atoms with Gasteiger partial charge in [0.25, 0.3) is 0 Å². The smallest absolute Gasteiger partial charge is 0.165 e. The van der Waals surface area contributed by atoms with E-state index in [1.165, 1.54) is 11.1 Å². The lowest BCUT2D eigenvalue weighted by molar-refractivity contribution is -0.0993. The highest BCUT2D eigenvalue weighted by molar-refractivity contribution is 5.60. The van der Waals surface area contributed by atoms with Crippen molar-refractivity contribution >= 4 is 0 Å². The molecule has 2 fully saturated rings. The first-order chi connectivity index (χ1) is 10.1. The Hall–Kier alpha value is -1.26. The predicted molar refractivity (Wildman–Crippen MR) is 77.7 cm³/mol. The molecule has 112 valence electrons. The molecule has 0 aromatic heterocycles. The number of hydrogen-bond donors (Lipinski definition) is 2. The molecule has 4 aliphatic rings. The number of rotatable bonds is 0. The van der Waals surface area contributed by atoms with Gasteiger partial charge in [-0.25, -0.2) is 0 Å². The van der Waals surface area contributed by atoms with Crippen LogP contribution in [0.4, 0.5) is 0 Å². The van der Waals surface area contributed by atoms with E-state index in [9.17, 15) is 10.2 Å². The lowest BCUT2D eigenvalue weighted by Crippen LogP contribution is -2.66. The molecule has 21 heavy (non-hydrogen) atoms. The third kappa shape index (κ3) is 1.25. The van der Waals surface area contributed by atoms with Crippen molar-refractivity contribution in [2.75, 3.05) is 13.6 Å². The van der Waals surface area contributed by atoms with Crippen LogP contribution in [0.15, 0.2) is 12.1 Å². The number of phenolic OH excluding ortho intramolecular Hbond substituents is 1. The largest absolute Gasteiger partial charge is 0.504 e. The monoisotopic (exact) mass is 287 g/mol. The van der Waals surface area contributed by atoms with Gasteiger partial charge >= 0.3 is 0 Å². The highest BCUT2D eigenvalue weighted by Crippen LogP contribution is 2.63. The molecule has 5 atom stereocenters. The van der Waals surface area contributed by atoms with Crippen LogP contribution >= 0.6 is 0 Å². The molecule has 2 heterocycles. The number of likely N-dealkylation sites (tertiary alicyclic amines) is 1. The molecule has 4 heteroatoms. The Morgan fingerprint density at radius 3 is 3.05 bits per heavy atom. The molecular weight excluding hydrogens is 266 g/mol. The third-order valence-electron chi connectivity index (χ3n) is 6.56. The van der Waals surface area contributed by atoms with Crippen LogP contribution in [-0.2, 0) is 11.8 Å². The van der Waals surface area contributed by atoms with Gasteiger partial charge in [0.15, 0.2) is 11.5 Å². The molecule has 1 aromatic carbocycles. The van der Waals surface area contributed by atoms with Gasteiger partial charge < -0.3 is 19.8 Å². The maximum Gasteiger partial charge on any atom is 0.165 e. The highest BCUT2D eigenvalue weighted by Gasteiger charge is 2.65. The Morgan fingerprint density at radius 2 is 2.19 bits per heavy atom. The average Bonchev–Trinajstić information content (AvgIpc) is 2.83. The van der Waals surface area contributed by atoms with Crippen molar-refractivity contribution in [3.8, 4) is 11.5 Å². The summed E-state index contributed by atoms with van der Waals surface area (Å²) >= 11 is 0. The first-order valence-electron chi connectivity index (χ1n) is 8.03. The summed E-state index contributed by atoms with van der Waals surface area (Å²) < 4.78 is 6.14. The van der Waals surface area contributed by atoms with Crippen molar-refractivity contribution in [1.29, 1.82) is 0 Å². The Morgan fingerprint density at radius 1 is 1.33 bits per heavy atom. The molecule has 0 amide bonds. The Kier molecular flexibility index (Phi) is 2.19. The minimum absolute atomic E-state index is 0.0729. The summed E-state index contributed by atoms with van der Waals surface area (Å²) in [6.07, 6.45) is 3.35. The quantitative estimate of drug-likeness (QED) is 0.758. The van der Waals surface area contributed by atoms with E-state index < -0.39 is 6.10 Å². The van der Waals surface area contributed by atoms with Crippen molar-refractivity contribution in [3.63, 3.8) is 0 Å². The number of nitrogens with zero attached hydrogens (tertiary/aromatic N) is 1. The third-order valence-corrected chi connectivity index (χ3v) is 6.56. The van der Waals surface area contributed by atoms with E-state index in [0.717, 1.165) is 32.2 Å². The van der Waals surface area contributed by atoms with Crippen LogP contribution in [0, 0.1) is 5.92 Å². The molecule has 5 rings (SSSR count). The van der Waals surface area contributed by atoms with Gasteiger partial charge in [-0.05, 0) is 56.8 Å². The molecule has 2 bridgehead atoms. The Bertz CT molecular complexity index is 631. The fraction of sp³-hybridized carbons (Fsp3) is 0.647. The van der Waals surface area contributed by atoms with Crippen LogP contribution < -0.4 is 4.74 Å². The molecule has 1 spiro atoms. The second-order valence-electron chi connectivity index (χ2n) is 7.28. The SMILES string of the molecule is CN1CCC23c4c5ccc(O)c4OC2C(O)CCC3C1C5. The lowest BCUT2D eigenvalue weighted by Gasteiger charge is -2.58. The normalized spacial score (nSPS) is 43.3. The lowest BCUT2D eigenvalue weighted by atomic mass is 9.51. The van der Waals surface area contributed by atoms with Crippen molar-refractivity contribution in [2.24, 2.45) is 5.92 Å². The highest BCUT2D eigenvalue weighted by atomic mass is 16.5. The van der Waals surface area contributed by atoms with E-state index >= 15 is 0 Å². The van der Waals surface area contributed by atoms with E-state index in [4.69, 9.17) is 4.74 Å². The Balaban J connectivity index is 1.81. The first-order valence-corrected chi connectivity index (χ1v) is 8.03. The van der Waals surface area contributed by atoms with Gasteiger partial charge in [-0.15, -0.1) is 0 Å².